The van der Waals surface area contributed by atoms with E-state index in [4.69, 9.17) is 0 Å². The lowest BCUT2D eigenvalue weighted by Crippen LogP contribution is -2.29. The van der Waals surface area contributed by atoms with Gasteiger partial charge in [-0.2, -0.15) is 0 Å². The number of aromatic nitrogens is 2. The molecule has 1 fully saturated rings. The smallest absolute Gasteiger partial charge is 0.120 e. The Labute approximate surface area is 138 Å². The molecule has 0 radical (unpaired) electrons. The summed E-state index contributed by atoms with van der Waals surface area (Å²) in [5, 5.41) is 13.8. The van der Waals surface area contributed by atoms with Crippen LogP contribution in [0.2, 0.25) is 0 Å². The Bertz CT molecular complexity index is 607. The van der Waals surface area contributed by atoms with Gasteiger partial charge in [0.2, 0.25) is 0 Å². The maximum Gasteiger partial charge on any atom is 0.120 e. The van der Waals surface area contributed by atoms with Crippen LogP contribution < -0.4 is 5.32 Å². The van der Waals surface area contributed by atoms with E-state index in [2.05, 4.69) is 15.3 Å². The highest BCUT2D eigenvalue weighted by atomic mass is 16.3. The van der Waals surface area contributed by atoms with Crippen molar-refractivity contribution in [2.24, 2.45) is 0 Å². The van der Waals surface area contributed by atoms with Gasteiger partial charge in [0.05, 0.1) is 0 Å². The third kappa shape index (κ3) is 4.52. The number of benzene rings is 1. The molecule has 1 aliphatic carbocycles. The quantitative estimate of drug-likeness (QED) is 0.894. The van der Waals surface area contributed by atoms with Crippen LogP contribution in [0.3, 0.4) is 0 Å². The lowest BCUT2D eigenvalue weighted by Gasteiger charge is -2.21. The van der Waals surface area contributed by atoms with E-state index in [-0.39, 0.29) is 0 Å². The molecule has 1 heterocycles. The topological polar surface area (TPSA) is 58.0 Å². The highest BCUT2D eigenvalue weighted by Gasteiger charge is 2.12. The van der Waals surface area contributed by atoms with Crippen molar-refractivity contribution in [2.75, 3.05) is 0 Å². The number of nitrogens with zero attached hydrogens (tertiary/aromatic N) is 2. The van der Waals surface area contributed by atoms with Crippen LogP contribution in [0.15, 0.2) is 36.9 Å². The summed E-state index contributed by atoms with van der Waals surface area (Å²) < 4.78 is 0. The van der Waals surface area contributed by atoms with Crippen LogP contribution in [0.5, 0.6) is 5.75 Å². The molecular weight excluding hydrogens is 286 g/mol. The summed E-state index contributed by atoms with van der Waals surface area (Å²) in [6.07, 6.45) is 14.3. The molecule has 0 spiro atoms. The molecule has 0 saturated heterocycles. The zero-order valence-electron chi connectivity index (χ0n) is 13.5. The van der Waals surface area contributed by atoms with Crippen LogP contribution in [-0.4, -0.2) is 21.1 Å². The first-order valence-electron chi connectivity index (χ1n) is 8.63. The summed E-state index contributed by atoms with van der Waals surface area (Å²) in [6.45, 7) is 0.706. The van der Waals surface area contributed by atoms with Crippen LogP contribution in [0, 0.1) is 0 Å². The molecule has 3 rings (SSSR count). The van der Waals surface area contributed by atoms with E-state index in [1.54, 1.807) is 18.5 Å². The summed E-state index contributed by atoms with van der Waals surface area (Å²) >= 11 is 0. The van der Waals surface area contributed by atoms with Crippen molar-refractivity contribution in [1.29, 1.82) is 0 Å². The lowest BCUT2D eigenvalue weighted by molar-refractivity contribution is 0.384. The van der Waals surface area contributed by atoms with Crippen LogP contribution in [0.25, 0.3) is 11.1 Å². The van der Waals surface area contributed by atoms with Gasteiger partial charge >= 0.3 is 0 Å². The first-order chi connectivity index (χ1) is 11.3. The minimum absolute atomic E-state index is 0.351. The van der Waals surface area contributed by atoms with Gasteiger partial charge in [-0.3, -0.25) is 0 Å². The predicted molar refractivity (Wildman–Crippen MR) is 92.1 cm³/mol. The molecule has 122 valence electrons. The van der Waals surface area contributed by atoms with Gasteiger partial charge < -0.3 is 10.4 Å². The van der Waals surface area contributed by atoms with Crippen molar-refractivity contribution < 1.29 is 5.11 Å². The summed E-state index contributed by atoms with van der Waals surface area (Å²) in [6, 6.07) is 6.27. The van der Waals surface area contributed by atoms with E-state index in [0.717, 1.165) is 16.7 Å². The lowest BCUT2D eigenvalue weighted by atomic mass is 9.96. The zero-order valence-corrected chi connectivity index (χ0v) is 13.5. The summed E-state index contributed by atoms with van der Waals surface area (Å²) in [7, 11) is 0. The molecule has 1 aromatic heterocycles. The molecule has 4 heteroatoms. The van der Waals surface area contributed by atoms with Gasteiger partial charge in [0, 0.05) is 36.1 Å². The van der Waals surface area contributed by atoms with E-state index in [9.17, 15) is 5.11 Å². The number of rotatable bonds is 4. The minimum atomic E-state index is 0.351. The predicted octanol–water partition coefficient (Wildman–Crippen LogP) is 4.05. The van der Waals surface area contributed by atoms with Gasteiger partial charge in [0.15, 0.2) is 0 Å². The van der Waals surface area contributed by atoms with E-state index >= 15 is 0 Å². The summed E-state index contributed by atoms with van der Waals surface area (Å²) in [4.78, 5) is 8.13. The zero-order chi connectivity index (χ0) is 15.9. The first kappa shape index (κ1) is 15.9. The van der Waals surface area contributed by atoms with Crippen molar-refractivity contribution in [3.8, 4) is 16.9 Å². The third-order valence-corrected chi connectivity index (χ3v) is 4.66. The van der Waals surface area contributed by atoms with Crippen LogP contribution in [-0.2, 0) is 6.54 Å². The Hall–Kier alpha value is -1.94. The fraction of sp³-hybridized carbons (Fsp3) is 0.474. The summed E-state index contributed by atoms with van der Waals surface area (Å²) in [5.74, 6) is 0.351. The average molecular weight is 311 g/mol. The van der Waals surface area contributed by atoms with E-state index in [1.165, 1.54) is 51.3 Å². The van der Waals surface area contributed by atoms with Crippen molar-refractivity contribution >= 4 is 0 Å². The molecule has 2 N–H and O–H groups in total. The number of phenols is 1. The average Bonchev–Trinajstić information content (AvgIpc) is 2.56. The monoisotopic (exact) mass is 311 g/mol. The Morgan fingerprint density at radius 2 is 1.65 bits per heavy atom. The van der Waals surface area contributed by atoms with Gasteiger partial charge in [-0.05, 0) is 30.5 Å². The van der Waals surface area contributed by atoms with Gasteiger partial charge in [0.1, 0.15) is 12.1 Å². The van der Waals surface area contributed by atoms with E-state index < -0.39 is 0 Å². The standard InChI is InChI=1S/C19H25N3O/c23-19-9-8-15(17-11-20-14-21-12-17)10-16(19)13-22-18-6-4-2-1-3-5-7-18/h8-12,14,18,22-23H,1-7,13H2. The molecule has 0 unspecified atom stereocenters. The van der Waals surface area contributed by atoms with Crippen LogP contribution in [0.1, 0.15) is 50.5 Å². The highest BCUT2D eigenvalue weighted by Crippen LogP contribution is 2.25. The second kappa shape index (κ2) is 8.06. The third-order valence-electron chi connectivity index (χ3n) is 4.66. The second-order valence-corrected chi connectivity index (χ2v) is 6.39. The van der Waals surface area contributed by atoms with E-state index in [1.807, 2.05) is 12.1 Å². The maximum absolute atomic E-state index is 10.1. The second-order valence-electron chi connectivity index (χ2n) is 6.39. The fourth-order valence-electron chi connectivity index (χ4n) is 3.27. The molecule has 1 saturated carbocycles. The normalized spacial score (nSPS) is 16.7. The van der Waals surface area contributed by atoms with Crippen molar-refractivity contribution in [1.82, 2.24) is 15.3 Å². The number of nitrogens with one attached hydrogen (secondary N) is 1. The molecule has 1 aliphatic rings. The molecule has 0 amide bonds. The van der Waals surface area contributed by atoms with Crippen LogP contribution in [0.4, 0.5) is 0 Å². The largest absolute Gasteiger partial charge is 0.508 e. The maximum atomic E-state index is 10.1. The Morgan fingerprint density at radius 3 is 2.39 bits per heavy atom. The Morgan fingerprint density at radius 1 is 0.957 bits per heavy atom. The number of aromatic hydroxyl groups is 1. The Kier molecular flexibility index (Phi) is 5.59. The molecule has 23 heavy (non-hydrogen) atoms. The van der Waals surface area contributed by atoms with E-state index in [0.29, 0.717) is 18.3 Å². The molecule has 1 aromatic carbocycles. The number of hydrogen-bond donors (Lipinski definition) is 2. The van der Waals surface area contributed by atoms with Crippen molar-refractivity contribution in [3.63, 3.8) is 0 Å². The number of hydrogen-bond acceptors (Lipinski definition) is 4. The van der Waals surface area contributed by atoms with Crippen molar-refractivity contribution in [2.45, 2.75) is 57.5 Å². The molecule has 2 aromatic rings. The SMILES string of the molecule is Oc1ccc(-c2cncnc2)cc1CNC1CCCCCCC1. The van der Waals surface area contributed by atoms with Gasteiger partial charge in [0.25, 0.3) is 0 Å². The van der Waals surface area contributed by atoms with Gasteiger partial charge in [-0.25, -0.2) is 9.97 Å². The fourth-order valence-corrected chi connectivity index (χ4v) is 3.27. The molecule has 0 bridgehead atoms. The van der Waals surface area contributed by atoms with Gasteiger partial charge in [-0.1, -0.05) is 38.2 Å². The molecule has 0 aliphatic heterocycles. The molecular formula is C19H25N3O. The van der Waals surface area contributed by atoms with Gasteiger partial charge in [-0.15, -0.1) is 0 Å². The minimum Gasteiger partial charge on any atom is -0.508 e. The number of phenolic OH excluding ortho intramolecular Hbond substituents is 1. The molecule has 4 nitrogen and oxygen atoms in total. The highest BCUT2D eigenvalue weighted by molar-refractivity contribution is 5.63. The van der Waals surface area contributed by atoms with Crippen LogP contribution >= 0.6 is 0 Å². The Balaban J connectivity index is 1.67. The van der Waals surface area contributed by atoms with Crippen molar-refractivity contribution in [3.05, 3.63) is 42.5 Å². The summed E-state index contributed by atoms with van der Waals surface area (Å²) in [5.41, 5.74) is 2.95. The molecule has 0 atom stereocenters. The first-order valence-corrected chi connectivity index (χ1v) is 8.63.